The molecule has 0 aromatic heterocycles. The van der Waals surface area contributed by atoms with Crippen molar-refractivity contribution in [2.45, 2.75) is 128 Å². The molecule has 0 bridgehead atoms. The molecular weight excluding hydrogens is 759 g/mol. The van der Waals surface area contributed by atoms with E-state index in [1.54, 1.807) is 55.9 Å². The Bertz CT molecular complexity index is 1550. The third kappa shape index (κ3) is 16.0. The molecule has 318 valence electrons. The van der Waals surface area contributed by atoms with Gasteiger partial charge in [0.2, 0.25) is 35.4 Å². The minimum absolute atomic E-state index is 0.00467. The van der Waals surface area contributed by atoms with Crippen LogP contribution in [0.15, 0.2) is 30.3 Å². The van der Waals surface area contributed by atoms with Crippen LogP contribution in [-0.2, 0) is 44.8 Å². The molecule has 1 aromatic carbocycles. The molecule has 1 aliphatic rings. The number of likely N-dealkylation sites (tertiary alicyclic amines) is 1. The summed E-state index contributed by atoms with van der Waals surface area (Å²) in [5.74, 6) is -6.39. The number of carboxylic acids is 2. The SMILES string of the molecule is CC[C@H](C)[C@H](NC(=O)[C@@H]1CCCN1C(=O)[C@@H](N)CCSC)C(=O)N[C@@H](CCC(=O)O)C(=O)N[C@@H](C)C(=O)N[C@@H](Cc1ccccc1)C(=O)N[C@@H](CC(C)C)C(=O)O. The highest BCUT2D eigenvalue weighted by Crippen LogP contribution is 2.21. The Balaban J connectivity index is 2.23. The average molecular weight is 820 g/mol. The summed E-state index contributed by atoms with van der Waals surface area (Å²) in [4.78, 5) is 106. The molecule has 6 amide bonds. The number of nitrogens with one attached hydrogen (secondary N) is 5. The first-order valence-electron chi connectivity index (χ1n) is 19.4. The molecule has 2 rings (SSSR count). The Morgan fingerprint density at radius 1 is 0.825 bits per heavy atom. The molecule has 1 heterocycles. The van der Waals surface area contributed by atoms with E-state index in [4.69, 9.17) is 5.73 Å². The Morgan fingerprint density at radius 2 is 1.44 bits per heavy atom. The number of benzene rings is 1. The maximum atomic E-state index is 13.8. The van der Waals surface area contributed by atoms with E-state index in [2.05, 4.69) is 26.6 Å². The number of aliphatic carboxylic acids is 2. The van der Waals surface area contributed by atoms with Crippen LogP contribution < -0.4 is 32.3 Å². The molecular formula is C39H61N7O10S. The van der Waals surface area contributed by atoms with Gasteiger partial charge in [0.05, 0.1) is 6.04 Å². The van der Waals surface area contributed by atoms with Crippen molar-refractivity contribution >= 4 is 59.1 Å². The van der Waals surface area contributed by atoms with Gasteiger partial charge in [0.25, 0.3) is 0 Å². The average Bonchev–Trinajstić information content (AvgIpc) is 3.66. The molecule has 1 aliphatic heterocycles. The molecule has 18 heteroatoms. The fourth-order valence-corrected chi connectivity index (χ4v) is 6.82. The van der Waals surface area contributed by atoms with Crippen LogP contribution in [0.2, 0.25) is 0 Å². The zero-order chi connectivity index (χ0) is 42.8. The maximum Gasteiger partial charge on any atom is 0.326 e. The summed E-state index contributed by atoms with van der Waals surface area (Å²) in [7, 11) is 0. The third-order valence-electron chi connectivity index (χ3n) is 9.85. The smallest absolute Gasteiger partial charge is 0.326 e. The van der Waals surface area contributed by atoms with Crippen molar-refractivity contribution < 1.29 is 48.6 Å². The molecule has 0 spiro atoms. The lowest BCUT2D eigenvalue weighted by Gasteiger charge is -2.30. The van der Waals surface area contributed by atoms with Crippen molar-refractivity contribution in [2.75, 3.05) is 18.6 Å². The van der Waals surface area contributed by atoms with E-state index in [9.17, 15) is 48.6 Å². The second kappa shape index (κ2) is 24.1. The molecule has 1 aromatic rings. The van der Waals surface area contributed by atoms with Crippen molar-refractivity contribution in [1.29, 1.82) is 0 Å². The fourth-order valence-electron chi connectivity index (χ4n) is 6.33. The molecule has 1 fully saturated rings. The van der Waals surface area contributed by atoms with E-state index < -0.39 is 96.1 Å². The zero-order valence-corrected chi connectivity index (χ0v) is 34.6. The minimum atomic E-state index is -1.44. The first-order valence-corrected chi connectivity index (χ1v) is 20.8. The van der Waals surface area contributed by atoms with Crippen molar-refractivity contribution in [3.63, 3.8) is 0 Å². The second-order valence-electron chi connectivity index (χ2n) is 15.0. The highest BCUT2D eigenvalue weighted by molar-refractivity contribution is 7.98. The van der Waals surface area contributed by atoms with Crippen molar-refractivity contribution in [1.82, 2.24) is 31.5 Å². The van der Waals surface area contributed by atoms with Crippen LogP contribution >= 0.6 is 11.8 Å². The van der Waals surface area contributed by atoms with Crippen LogP contribution in [0.1, 0.15) is 85.1 Å². The van der Waals surface area contributed by atoms with E-state index in [1.807, 2.05) is 20.1 Å². The van der Waals surface area contributed by atoms with E-state index in [0.717, 1.165) is 0 Å². The number of nitrogens with two attached hydrogens (primary N) is 1. The number of thioether (sulfide) groups is 1. The monoisotopic (exact) mass is 819 g/mol. The van der Waals surface area contributed by atoms with Crippen LogP contribution in [0.25, 0.3) is 0 Å². The molecule has 0 radical (unpaired) electrons. The van der Waals surface area contributed by atoms with Crippen LogP contribution in [0.4, 0.5) is 0 Å². The Kier molecular flexibility index (Phi) is 20.5. The molecule has 17 nitrogen and oxygen atoms in total. The topological polar surface area (TPSA) is 266 Å². The van der Waals surface area contributed by atoms with Gasteiger partial charge in [-0.25, -0.2) is 4.79 Å². The Morgan fingerprint density at radius 3 is 2.02 bits per heavy atom. The highest BCUT2D eigenvalue weighted by atomic mass is 32.2. The molecule has 0 unspecified atom stereocenters. The molecule has 8 atom stereocenters. The van der Waals surface area contributed by atoms with Gasteiger partial charge in [-0.3, -0.25) is 33.6 Å². The summed E-state index contributed by atoms with van der Waals surface area (Å²) in [5.41, 5.74) is 6.79. The van der Waals surface area contributed by atoms with E-state index in [-0.39, 0.29) is 31.1 Å². The lowest BCUT2D eigenvalue weighted by atomic mass is 9.97. The van der Waals surface area contributed by atoms with E-state index in [0.29, 0.717) is 43.5 Å². The summed E-state index contributed by atoms with van der Waals surface area (Å²) in [5, 5.41) is 32.0. The summed E-state index contributed by atoms with van der Waals surface area (Å²) < 4.78 is 0. The van der Waals surface area contributed by atoms with Gasteiger partial charge < -0.3 is 47.4 Å². The summed E-state index contributed by atoms with van der Waals surface area (Å²) in [6, 6.07) is 0.769. The molecule has 1 saturated heterocycles. The molecule has 0 saturated carbocycles. The highest BCUT2D eigenvalue weighted by Gasteiger charge is 2.39. The van der Waals surface area contributed by atoms with Gasteiger partial charge in [-0.05, 0) is 68.4 Å². The molecule has 0 aliphatic carbocycles. The van der Waals surface area contributed by atoms with E-state index in [1.165, 1.54) is 11.8 Å². The van der Waals surface area contributed by atoms with Gasteiger partial charge in [-0.2, -0.15) is 11.8 Å². The predicted octanol–water partition coefficient (Wildman–Crippen LogP) is 0.786. The van der Waals surface area contributed by atoms with Crippen molar-refractivity contribution in [2.24, 2.45) is 17.6 Å². The largest absolute Gasteiger partial charge is 0.481 e. The van der Waals surface area contributed by atoms with Gasteiger partial charge in [0.15, 0.2) is 0 Å². The van der Waals surface area contributed by atoms with E-state index >= 15 is 0 Å². The molecule has 9 N–H and O–H groups in total. The minimum Gasteiger partial charge on any atom is -0.481 e. The fraction of sp³-hybridized carbons (Fsp3) is 0.641. The normalized spacial score (nSPS) is 17.5. The number of nitrogens with zero attached hydrogens (tertiary/aromatic N) is 1. The Labute approximate surface area is 338 Å². The van der Waals surface area contributed by atoms with Crippen molar-refractivity contribution in [3.8, 4) is 0 Å². The maximum absolute atomic E-state index is 13.8. The van der Waals surface area contributed by atoms with Crippen LogP contribution in [0.3, 0.4) is 0 Å². The number of carbonyl (C=O) groups excluding carboxylic acids is 6. The van der Waals surface area contributed by atoms with Gasteiger partial charge >= 0.3 is 11.9 Å². The number of carbonyl (C=O) groups is 8. The lowest BCUT2D eigenvalue weighted by Crippen LogP contribution is -2.60. The summed E-state index contributed by atoms with van der Waals surface area (Å²) in [6.45, 7) is 8.82. The lowest BCUT2D eigenvalue weighted by molar-refractivity contribution is -0.143. The molecule has 57 heavy (non-hydrogen) atoms. The number of hydrogen-bond donors (Lipinski definition) is 8. The van der Waals surface area contributed by atoms with Gasteiger partial charge in [0.1, 0.15) is 36.3 Å². The van der Waals surface area contributed by atoms with Crippen LogP contribution in [-0.4, -0.2) is 123 Å². The summed E-state index contributed by atoms with van der Waals surface area (Å²) >= 11 is 1.55. The predicted molar refractivity (Wildman–Crippen MR) is 215 cm³/mol. The number of hydrogen-bond acceptors (Lipinski definition) is 10. The summed E-state index contributed by atoms with van der Waals surface area (Å²) in [6.07, 6.45) is 3.01. The van der Waals surface area contributed by atoms with Gasteiger partial charge in [0, 0.05) is 19.4 Å². The second-order valence-corrected chi connectivity index (χ2v) is 15.9. The van der Waals surface area contributed by atoms with Gasteiger partial charge in [-0.1, -0.05) is 64.4 Å². The third-order valence-corrected chi connectivity index (χ3v) is 10.5. The zero-order valence-electron chi connectivity index (χ0n) is 33.7. The standard InChI is InChI=1S/C39H61N7O10S/c1-7-23(4)32(45-36(52)30-14-11-18-46(30)38(54)26(40)17-19-57-6)37(53)42-27(15-16-31(47)48)34(50)41-24(5)33(49)43-28(21-25-12-9-8-10-13-25)35(51)44-29(39(55)56)20-22(2)3/h8-10,12-13,22-24,26-30,32H,7,11,14-21,40H2,1-6H3,(H,41,50)(H,42,53)(H,43,49)(H,44,51)(H,45,52)(H,47,48)(H,55,56)/t23-,24-,26-,27-,28-,29-,30-,32-/m0/s1. The first kappa shape index (κ1) is 48.4. The van der Waals surface area contributed by atoms with Crippen LogP contribution in [0, 0.1) is 11.8 Å². The number of carboxylic acid groups (broad SMARTS) is 2. The van der Waals surface area contributed by atoms with Crippen LogP contribution in [0.5, 0.6) is 0 Å². The Hall–Kier alpha value is -4.71. The quantitative estimate of drug-likeness (QED) is 0.0720. The number of rotatable bonds is 24. The van der Waals surface area contributed by atoms with Crippen molar-refractivity contribution in [3.05, 3.63) is 35.9 Å². The number of amides is 6. The van der Waals surface area contributed by atoms with Gasteiger partial charge in [-0.15, -0.1) is 0 Å². The first-order chi connectivity index (χ1) is 26.9.